The van der Waals surface area contributed by atoms with Gasteiger partial charge in [-0.1, -0.05) is 30.3 Å². The fourth-order valence-corrected chi connectivity index (χ4v) is 2.84. The van der Waals surface area contributed by atoms with E-state index in [1.54, 1.807) is 7.05 Å². The molecule has 2 unspecified atom stereocenters. The Balaban J connectivity index is 0.00000220. The Labute approximate surface area is 133 Å². The monoisotopic (exact) mass is 311 g/mol. The summed E-state index contributed by atoms with van der Waals surface area (Å²) in [7, 11) is 1.80. The summed E-state index contributed by atoms with van der Waals surface area (Å²) >= 11 is 0. The minimum absolute atomic E-state index is 0. The zero-order chi connectivity index (χ0) is 14.4. The smallest absolute Gasteiger partial charge is 0.234 e. The van der Waals surface area contributed by atoms with Crippen molar-refractivity contribution < 1.29 is 4.79 Å². The Kier molecular flexibility index (Phi) is 7.72. The normalized spacial score (nSPS) is 22.4. The lowest BCUT2D eigenvalue weighted by Crippen LogP contribution is -2.49. The number of amides is 1. The number of hydrogen-bond donors (Lipinski definition) is 2. The number of benzene rings is 1. The molecule has 0 bridgehead atoms. The number of piperidine rings is 1. The third-order valence-electron chi connectivity index (χ3n) is 3.94. The second-order valence-corrected chi connectivity index (χ2v) is 5.62. The zero-order valence-corrected chi connectivity index (χ0v) is 13.7. The molecule has 0 aliphatic carbocycles. The van der Waals surface area contributed by atoms with Crippen LogP contribution in [0.1, 0.15) is 25.3 Å². The molecule has 1 aliphatic rings. The van der Waals surface area contributed by atoms with Gasteiger partial charge in [0, 0.05) is 25.2 Å². The van der Waals surface area contributed by atoms with E-state index < -0.39 is 0 Å². The first-order chi connectivity index (χ1) is 9.69. The first kappa shape index (κ1) is 18.0. The van der Waals surface area contributed by atoms with Crippen LogP contribution in [0.3, 0.4) is 0 Å². The van der Waals surface area contributed by atoms with E-state index >= 15 is 0 Å². The summed E-state index contributed by atoms with van der Waals surface area (Å²) in [6.45, 7) is 4.69. The van der Waals surface area contributed by atoms with Gasteiger partial charge in [-0.2, -0.15) is 0 Å². The molecule has 2 atom stereocenters. The van der Waals surface area contributed by atoms with Crippen molar-refractivity contribution in [2.24, 2.45) is 0 Å². The highest BCUT2D eigenvalue weighted by molar-refractivity contribution is 5.85. The van der Waals surface area contributed by atoms with Gasteiger partial charge >= 0.3 is 0 Å². The van der Waals surface area contributed by atoms with Gasteiger partial charge in [-0.15, -0.1) is 12.4 Å². The van der Waals surface area contributed by atoms with Crippen molar-refractivity contribution in [3.8, 4) is 0 Å². The largest absolute Gasteiger partial charge is 0.352 e. The van der Waals surface area contributed by atoms with Crippen LogP contribution in [0.5, 0.6) is 0 Å². The number of hydrogen-bond acceptors (Lipinski definition) is 3. The minimum Gasteiger partial charge on any atom is -0.352 e. The van der Waals surface area contributed by atoms with Gasteiger partial charge in [0.2, 0.25) is 5.91 Å². The summed E-state index contributed by atoms with van der Waals surface area (Å²) in [5.41, 5.74) is 1.36. The van der Waals surface area contributed by atoms with E-state index in [0.717, 1.165) is 25.9 Å². The summed E-state index contributed by atoms with van der Waals surface area (Å²) in [6.07, 6.45) is 2.06. The highest BCUT2D eigenvalue weighted by atomic mass is 35.5. The summed E-state index contributed by atoms with van der Waals surface area (Å²) < 4.78 is 0. The van der Waals surface area contributed by atoms with E-state index in [-0.39, 0.29) is 18.3 Å². The van der Waals surface area contributed by atoms with Gasteiger partial charge in [0.25, 0.3) is 0 Å². The van der Waals surface area contributed by atoms with Crippen LogP contribution in [-0.4, -0.2) is 43.0 Å². The standard InChI is InChI=1S/C16H25N3O.ClH/c1-13-10-15(18-16(20)11-17-2)8-9-19(13)12-14-6-4-3-5-7-14;/h3-7,13,15,17H,8-12H2,1-2H3,(H,18,20);1H. The van der Waals surface area contributed by atoms with E-state index in [4.69, 9.17) is 0 Å². The highest BCUT2D eigenvalue weighted by Gasteiger charge is 2.26. The van der Waals surface area contributed by atoms with Crippen molar-refractivity contribution in [3.63, 3.8) is 0 Å². The average Bonchev–Trinajstić information content (AvgIpc) is 2.43. The quantitative estimate of drug-likeness (QED) is 0.871. The van der Waals surface area contributed by atoms with Crippen LogP contribution in [0.2, 0.25) is 0 Å². The number of halogens is 1. The first-order valence-corrected chi connectivity index (χ1v) is 7.41. The van der Waals surface area contributed by atoms with Crippen molar-refractivity contribution in [2.75, 3.05) is 20.1 Å². The van der Waals surface area contributed by atoms with Crippen LogP contribution in [-0.2, 0) is 11.3 Å². The zero-order valence-electron chi connectivity index (χ0n) is 12.8. The van der Waals surface area contributed by atoms with Crippen LogP contribution in [0, 0.1) is 0 Å². The molecule has 2 N–H and O–H groups in total. The lowest BCUT2D eigenvalue weighted by atomic mass is 9.97. The number of nitrogens with one attached hydrogen (secondary N) is 2. The molecule has 1 aromatic carbocycles. The van der Waals surface area contributed by atoms with Crippen molar-refractivity contribution in [3.05, 3.63) is 35.9 Å². The Bertz CT molecular complexity index is 427. The number of carbonyl (C=O) groups excluding carboxylic acids is 1. The van der Waals surface area contributed by atoms with Gasteiger partial charge in [-0.25, -0.2) is 0 Å². The molecule has 1 aliphatic heterocycles. The average molecular weight is 312 g/mol. The maximum Gasteiger partial charge on any atom is 0.234 e. The first-order valence-electron chi connectivity index (χ1n) is 7.41. The fraction of sp³-hybridized carbons (Fsp3) is 0.562. The number of rotatable bonds is 5. The van der Waals surface area contributed by atoms with Gasteiger partial charge in [0.15, 0.2) is 0 Å². The van der Waals surface area contributed by atoms with Crippen LogP contribution in [0.4, 0.5) is 0 Å². The molecule has 0 spiro atoms. The van der Waals surface area contributed by atoms with E-state index in [1.807, 2.05) is 0 Å². The fourth-order valence-electron chi connectivity index (χ4n) is 2.84. The van der Waals surface area contributed by atoms with E-state index in [2.05, 4.69) is 52.8 Å². The van der Waals surface area contributed by atoms with Crippen molar-refractivity contribution in [1.82, 2.24) is 15.5 Å². The van der Waals surface area contributed by atoms with E-state index in [9.17, 15) is 4.79 Å². The summed E-state index contributed by atoms with van der Waals surface area (Å²) in [5, 5.41) is 5.99. The third kappa shape index (κ3) is 5.65. The molecule has 21 heavy (non-hydrogen) atoms. The SMILES string of the molecule is CNCC(=O)NC1CCN(Cc2ccccc2)C(C)C1.Cl. The number of carbonyl (C=O) groups is 1. The lowest BCUT2D eigenvalue weighted by Gasteiger charge is -2.38. The molecule has 0 saturated carbocycles. The minimum atomic E-state index is 0. The Morgan fingerprint density at radius 2 is 2.05 bits per heavy atom. The molecule has 1 heterocycles. The number of likely N-dealkylation sites (N-methyl/N-ethyl adjacent to an activating group) is 1. The van der Waals surface area contributed by atoms with Crippen LogP contribution in [0.25, 0.3) is 0 Å². The van der Waals surface area contributed by atoms with Crippen molar-refractivity contribution >= 4 is 18.3 Å². The van der Waals surface area contributed by atoms with Gasteiger partial charge in [-0.05, 0) is 32.4 Å². The van der Waals surface area contributed by atoms with Crippen LogP contribution in [0.15, 0.2) is 30.3 Å². The van der Waals surface area contributed by atoms with Gasteiger partial charge in [-0.3, -0.25) is 9.69 Å². The molecule has 1 amide bonds. The number of likely N-dealkylation sites (tertiary alicyclic amines) is 1. The van der Waals surface area contributed by atoms with Crippen molar-refractivity contribution in [1.29, 1.82) is 0 Å². The maximum atomic E-state index is 11.6. The topological polar surface area (TPSA) is 44.4 Å². The van der Waals surface area contributed by atoms with E-state index in [1.165, 1.54) is 5.56 Å². The third-order valence-corrected chi connectivity index (χ3v) is 3.94. The van der Waals surface area contributed by atoms with Crippen LogP contribution >= 0.6 is 12.4 Å². The molecule has 118 valence electrons. The summed E-state index contributed by atoms with van der Waals surface area (Å²) in [4.78, 5) is 14.1. The molecule has 5 heteroatoms. The molecule has 1 aromatic rings. The van der Waals surface area contributed by atoms with Crippen molar-refractivity contribution in [2.45, 2.75) is 38.4 Å². The molecule has 0 radical (unpaired) electrons. The maximum absolute atomic E-state index is 11.6. The molecule has 2 rings (SSSR count). The predicted molar refractivity (Wildman–Crippen MR) is 88.7 cm³/mol. The predicted octanol–water partition coefficient (Wildman–Crippen LogP) is 1.80. The molecule has 1 saturated heterocycles. The lowest BCUT2D eigenvalue weighted by molar-refractivity contribution is -0.121. The van der Waals surface area contributed by atoms with Gasteiger partial charge in [0.05, 0.1) is 6.54 Å². The van der Waals surface area contributed by atoms with Gasteiger partial charge in [0.1, 0.15) is 0 Å². The number of nitrogens with zero attached hydrogens (tertiary/aromatic N) is 1. The second kappa shape index (κ2) is 9.03. The molecular formula is C16H26ClN3O. The molecule has 4 nitrogen and oxygen atoms in total. The Morgan fingerprint density at radius 1 is 1.33 bits per heavy atom. The Morgan fingerprint density at radius 3 is 2.67 bits per heavy atom. The van der Waals surface area contributed by atoms with E-state index in [0.29, 0.717) is 18.6 Å². The highest BCUT2D eigenvalue weighted by Crippen LogP contribution is 2.19. The van der Waals surface area contributed by atoms with Crippen LogP contribution < -0.4 is 10.6 Å². The Hall–Kier alpha value is -1.10. The second-order valence-electron chi connectivity index (χ2n) is 5.62. The molecule has 1 fully saturated rings. The summed E-state index contributed by atoms with van der Waals surface area (Å²) in [6, 6.07) is 11.4. The molecule has 0 aromatic heterocycles. The summed E-state index contributed by atoms with van der Waals surface area (Å²) in [5.74, 6) is 0.0983. The van der Waals surface area contributed by atoms with Gasteiger partial charge < -0.3 is 10.6 Å². The molecular weight excluding hydrogens is 286 g/mol.